The van der Waals surface area contributed by atoms with Crippen LogP contribution >= 0.6 is 0 Å². The molecule has 2 fully saturated rings. The molecule has 2 radical (unpaired) electrons. The number of carbonyl (C=O) groups excluding carboxylic acids is 2. The van der Waals surface area contributed by atoms with Gasteiger partial charge in [-0.15, -0.1) is 0 Å². The quantitative estimate of drug-likeness (QED) is 0.796. The van der Waals surface area contributed by atoms with E-state index in [1.165, 1.54) is 4.90 Å². The van der Waals surface area contributed by atoms with Crippen molar-refractivity contribution in [1.29, 1.82) is 5.26 Å². The lowest BCUT2D eigenvalue weighted by atomic mass is 9.82. The van der Waals surface area contributed by atoms with Crippen LogP contribution in [0.5, 0.6) is 0 Å². The van der Waals surface area contributed by atoms with Gasteiger partial charge < -0.3 is 10.2 Å². The van der Waals surface area contributed by atoms with Crippen molar-refractivity contribution in [2.24, 2.45) is 5.92 Å². The van der Waals surface area contributed by atoms with E-state index in [0.717, 1.165) is 32.1 Å². The molecular weight excluding hydrogens is 272 g/mol. The molecule has 21 heavy (non-hydrogen) atoms. The van der Waals surface area contributed by atoms with Gasteiger partial charge >= 0.3 is 0 Å². The van der Waals surface area contributed by atoms with Crippen molar-refractivity contribution in [3.63, 3.8) is 0 Å². The first-order chi connectivity index (χ1) is 10.0. The molecular formula is C14H19BFN3O2. The molecule has 2 amide bonds. The van der Waals surface area contributed by atoms with Crippen LogP contribution in [0, 0.1) is 17.2 Å². The molecule has 0 aromatic carbocycles. The maximum atomic E-state index is 13.5. The summed E-state index contributed by atoms with van der Waals surface area (Å²) in [7, 11) is 5.17. The summed E-state index contributed by atoms with van der Waals surface area (Å²) in [6.45, 7) is -0.0826. The predicted molar refractivity (Wildman–Crippen MR) is 75.3 cm³/mol. The van der Waals surface area contributed by atoms with Crippen molar-refractivity contribution >= 4 is 19.6 Å². The maximum absolute atomic E-state index is 13.5. The number of nitrogens with zero attached hydrogens (tertiary/aromatic N) is 2. The summed E-state index contributed by atoms with van der Waals surface area (Å²) < 4.78 is 13.5. The maximum Gasteiger partial charge on any atom is 0.246 e. The molecule has 3 atom stereocenters. The minimum atomic E-state index is -1.18. The fraction of sp³-hybridized carbons (Fsp3) is 0.786. The Morgan fingerprint density at radius 1 is 1.33 bits per heavy atom. The molecule has 112 valence electrons. The number of rotatable bonds is 3. The molecule has 1 aliphatic carbocycles. The van der Waals surface area contributed by atoms with Crippen molar-refractivity contribution in [3.8, 4) is 6.07 Å². The zero-order chi connectivity index (χ0) is 15.4. The van der Waals surface area contributed by atoms with Gasteiger partial charge in [0.1, 0.15) is 18.3 Å². The van der Waals surface area contributed by atoms with E-state index < -0.39 is 24.1 Å². The predicted octanol–water partition coefficient (Wildman–Crippen LogP) is 1.28. The second-order valence-electron chi connectivity index (χ2n) is 5.85. The summed E-state index contributed by atoms with van der Waals surface area (Å²) in [5.74, 6) is -1.13. The second-order valence-corrected chi connectivity index (χ2v) is 5.85. The third-order valence-corrected chi connectivity index (χ3v) is 4.37. The molecule has 7 heteroatoms. The van der Waals surface area contributed by atoms with Gasteiger partial charge in [0, 0.05) is 6.42 Å². The third kappa shape index (κ3) is 3.75. The number of alkyl halides is 1. The van der Waals surface area contributed by atoms with Gasteiger partial charge in [-0.05, 0) is 18.8 Å². The fourth-order valence-corrected chi connectivity index (χ4v) is 3.33. The molecule has 1 saturated carbocycles. The lowest BCUT2D eigenvalue weighted by molar-refractivity contribution is -0.135. The Kier molecular flexibility index (Phi) is 5.21. The number of likely N-dealkylation sites (tertiary alicyclic amines) is 1. The average molecular weight is 291 g/mol. The van der Waals surface area contributed by atoms with Crippen LogP contribution in [0.15, 0.2) is 0 Å². The van der Waals surface area contributed by atoms with E-state index in [1.54, 1.807) is 0 Å². The minimum Gasteiger partial charge on any atom is -0.354 e. The zero-order valence-electron chi connectivity index (χ0n) is 11.9. The summed E-state index contributed by atoms with van der Waals surface area (Å²) in [6.07, 6.45) is 3.65. The van der Waals surface area contributed by atoms with E-state index in [9.17, 15) is 14.0 Å². The van der Waals surface area contributed by atoms with Crippen LogP contribution in [0.3, 0.4) is 0 Å². The number of nitrogens with one attached hydrogen (secondary N) is 1. The van der Waals surface area contributed by atoms with E-state index in [2.05, 4.69) is 5.32 Å². The van der Waals surface area contributed by atoms with Crippen LogP contribution in [-0.4, -0.2) is 49.3 Å². The standard InChI is InChI=1S/C14H19BFN3O2/c15-14(21)18-12(9-4-2-1-3-5-9)13(20)19-8-10(16)6-11(19)7-17/h9-12H,1-6,8H2,(H,18,21)/t10?,11-,12-/m0/s1. The fourth-order valence-electron chi connectivity index (χ4n) is 3.33. The highest BCUT2D eigenvalue weighted by atomic mass is 19.1. The normalized spacial score (nSPS) is 27.9. The Balaban J connectivity index is 2.13. The molecule has 0 aromatic heterocycles. The van der Waals surface area contributed by atoms with Crippen LogP contribution in [0.1, 0.15) is 38.5 Å². The Hall–Kier alpha value is -1.58. The molecule has 2 rings (SSSR count). The second kappa shape index (κ2) is 6.92. The number of carbonyl (C=O) groups is 2. The first-order valence-electron chi connectivity index (χ1n) is 7.43. The average Bonchev–Trinajstić information content (AvgIpc) is 2.86. The lowest BCUT2D eigenvalue weighted by Gasteiger charge is -2.33. The molecule has 1 saturated heterocycles. The van der Waals surface area contributed by atoms with Gasteiger partial charge in [0.25, 0.3) is 0 Å². The van der Waals surface area contributed by atoms with Crippen LogP contribution < -0.4 is 5.32 Å². The largest absolute Gasteiger partial charge is 0.354 e. The van der Waals surface area contributed by atoms with Crippen molar-refractivity contribution in [2.45, 2.75) is 56.8 Å². The van der Waals surface area contributed by atoms with Crippen molar-refractivity contribution in [2.75, 3.05) is 6.54 Å². The number of nitriles is 1. The summed E-state index contributed by atoms with van der Waals surface area (Å²) in [4.78, 5) is 25.1. The Labute approximate surface area is 125 Å². The highest BCUT2D eigenvalue weighted by Gasteiger charge is 2.41. The van der Waals surface area contributed by atoms with Crippen molar-refractivity contribution in [1.82, 2.24) is 10.2 Å². The van der Waals surface area contributed by atoms with E-state index in [4.69, 9.17) is 13.1 Å². The molecule has 0 aromatic rings. The van der Waals surface area contributed by atoms with Crippen molar-refractivity contribution < 1.29 is 14.0 Å². The highest BCUT2D eigenvalue weighted by Crippen LogP contribution is 2.29. The molecule has 1 heterocycles. The van der Waals surface area contributed by atoms with Crippen molar-refractivity contribution in [3.05, 3.63) is 0 Å². The lowest BCUT2D eigenvalue weighted by Crippen LogP contribution is -2.53. The first-order valence-corrected chi connectivity index (χ1v) is 7.43. The van der Waals surface area contributed by atoms with Gasteiger partial charge in [0.15, 0.2) is 5.81 Å². The van der Waals surface area contributed by atoms with Gasteiger partial charge in [-0.25, -0.2) is 4.39 Å². The van der Waals surface area contributed by atoms with Crippen LogP contribution in [0.2, 0.25) is 0 Å². The van der Waals surface area contributed by atoms with Gasteiger partial charge in [0.2, 0.25) is 13.8 Å². The molecule has 5 nitrogen and oxygen atoms in total. The topological polar surface area (TPSA) is 73.2 Å². The molecule has 1 aliphatic heterocycles. The van der Waals surface area contributed by atoms with Crippen LogP contribution in [0.4, 0.5) is 9.18 Å². The van der Waals surface area contributed by atoms with Gasteiger partial charge in [-0.2, -0.15) is 5.26 Å². The van der Waals surface area contributed by atoms with E-state index >= 15 is 0 Å². The van der Waals surface area contributed by atoms with Gasteiger partial charge in [-0.3, -0.25) is 9.59 Å². The third-order valence-electron chi connectivity index (χ3n) is 4.37. The molecule has 0 spiro atoms. The zero-order valence-corrected chi connectivity index (χ0v) is 11.9. The van der Waals surface area contributed by atoms with E-state index in [1.807, 2.05) is 6.07 Å². The monoisotopic (exact) mass is 291 g/mol. The summed E-state index contributed by atoms with van der Waals surface area (Å²) in [6, 6.07) is 0.455. The molecule has 2 aliphatic rings. The van der Waals surface area contributed by atoms with Gasteiger partial charge in [0.05, 0.1) is 12.6 Å². The van der Waals surface area contributed by atoms with Gasteiger partial charge in [-0.1, -0.05) is 19.3 Å². The SMILES string of the molecule is [B]C(=O)N[C@H](C(=O)N1CC(F)C[C@H]1C#N)C1CCCCC1. The minimum absolute atomic E-state index is 0.0109. The van der Waals surface area contributed by atoms with Crippen LogP contribution in [0.25, 0.3) is 0 Å². The van der Waals surface area contributed by atoms with Crippen LogP contribution in [-0.2, 0) is 4.79 Å². The molecule has 0 bridgehead atoms. The summed E-state index contributed by atoms with van der Waals surface area (Å²) >= 11 is 0. The molecule has 1 N–H and O–H groups in total. The number of amides is 2. The first kappa shape index (κ1) is 15.8. The summed E-state index contributed by atoms with van der Waals surface area (Å²) in [5.41, 5.74) is 0. The Morgan fingerprint density at radius 2 is 2.00 bits per heavy atom. The Morgan fingerprint density at radius 3 is 2.57 bits per heavy atom. The number of hydrogen-bond donors (Lipinski definition) is 1. The van der Waals surface area contributed by atoms with E-state index in [0.29, 0.717) is 0 Å². The van der Waals surface area contributed by atoms with E-state index in [-0.39, 0.29) is 24.8 Å². The smallest absolute Gasteiger partial charge is 0.246 e. The molecule has 1 unspecified atom stereocenters. The summed E-state index contributed by atoms with van der Waals surface area (Å²) in [5, 5.41) is 11.6. The highest BCUT2D eigenvalue weighted by molar-refractivity contribution is 6.57. The Bertz CT molecular complexity index is 448. The number of halogens is 1. The number of hydrogen-bond acceptors (Lipinski definition) is 3.